The van der Waals surface area contributed by atoms with Crippen LogP contribution in [0, 0.1) is 6.92 Å². The molecule has 1 amide bonds. The fourth-order valence-corrected chi connectivity index (χ4v) is 1.86. The van der Waals surface area contributed by atoms with Gasteiger partial charge in [0.2, 0.25) is 0 Å². The number of aryl methyl sites for hydroxylation is 2. The number of nitrogens with one attached hydrogen (secondary N) is 1. The number of aromatic nitrogens is 2. The molecule has 2 aromatic rings. The quantitative estimate of drug-likeness (QED) is 0.946. The third-order valence-corrected chi connectivity index (χ3v) is 3.23. The van der Waals surface area contributed by atoms with Crippen LogP contribution in [0.2, 0.25) is 0 Å². The Morgan fingerprint density at radius 1 is 1.39 bits per heavy atom. The van der Waals surface area contributed by atoms with Crippen LogP contribution >= 0.6 is 15.9 Å². The molecule has 0 aliphatic carbocycles. The smallest absolute Gasteiger partial charge is 0.251 e. The van der Waals surface area contributed by atoms with Crippen molar-refractivity contribution in [2.24, 2.45) is 7.05 Å². The van der Waals surface area contributed by atoms with Crippen molar-refractivity contribution in [2.45, 2.75) is 13.5 Å². The molecule has 18 heavy (non-hydrogen) atoms. The molecule has 0 aliphatic rings. The molecular formula is C13H14BrN3O. The number of carbonyl (C=O) groups is 1. The van der Waals surface area contributed by atoms with Gasteiger partial charge in [0.05, 0.1) is 12.2 Å². The average molecular weight is 308 g/mol. The van der Waals surface area contributed by atoms with Crippen molar-refractivity contribution < 1.29 is 4.79 Å². The molecule has 0 spiro atoms. The highest BCUT2D eigenvalue weighted by Crippen LogP contribution is 2.10. The summed E-state index contributed by atoms with van der Waals surface area (Å²) in [5.41, 5.74) is 2.58. The first-order valence-electron chi connectivity index (χ1n) is 5.59. The van der Waals surface area contributed by atoms with Gasteiger partial charge in [-0.1, -0.05) is 15.9 Å². The van der Waals surface area contributed by atoms with Gasteiger partial charge in [-0.15, -0.1) is 0 Å². The van der Waals surface area contributed by atoms with Crippen molar-refractivity contribution >= 4 is 21.8 Å². The standard InChI is InChI=1S/C13H14BrN3O/c1-9-7-12(16-17(9)2)8-15-13(18)10-3-5-11(14)6-4-10/h3-7H,8H2,1-2H3,(H,15,18). The van der Waals surface area contributed by atoms with Crippen LogP contribution < -0.4 is 5.32 Å². The topological polar surface area (TPSA) is 46.9 Å². The third-order valence-electron chi connectivity index (χ3n) is 2.70. The summed E-state index contributed by atoms with van der Waals surface area (Å²) >= 11 is 3.34. The Morgan fingerprint density at radius 3 is 2.61 bits per heavy atom. The second-order valence-electron chi connectivity index (χ2n) is 4.09. The molecule has 1 N–H and O–H groups in total. The molecule has 1 aromatic carbocycles. The molecule has 2 rings (SSSR count). The van der Waals surface area contributed by atoms with E-state index < -0.39 is 0 Å². The Kier molecular flexibility index (Phi) is 3.81. The van der Waals surface area contributed by atoms with Gasteiger partial charge in [-0.2, -0.15) is 5.10 Å². The first kappa shape index (κ1) is 12.8. The lowest BCUT2D eigenvalue weighted by Gasteiger charge is -2.03. The van der Waals surface area contributed by atoms with Crippen LogP contribution in [0.5, 0.6) is 0 Å². The largest absolute Gasteiger partial charge is 0.346 e. The predicted molar refractivity (Wildman–Crippen MR) is 73.3 cm³/mol. The van der Waals surface area contributed by atoms with Crippen molar-refractivity contribution in [3.05, 3.63) is 51.8 Å². The average Bonchev–Trinajstić information content (AvgIpc) is 2.67. The number of benzene rings is 1. The molecule has 0 bridgehead atoms. The summed E-state index contributed by atoms with van der Waals surface area (Å²) in [5.74, 6) is -0.0918. The number of carbonyl (C=O) groups excluding carboxylic acids is 1. The van der Waals surface area contributed by atoms with Crippen LogP contribution in [0.15, 0.2) is 34.8 Å². The van der Waals surface area contributed by atoms with Crippen molar-refractivity contribution in [3.8, 4) is 0 Å². The fraction of sp³-hybridized carbons (Fsp3) is 0.231. The highest BCUT2D eigenvalue weighted by atomic mass is 79.9. The number of halogens is 1. The summed E-state index contributed by atoms with van der Waals surface area (Å²) in [6, 6.07) is 9.22. The van der Waals surface area contributed by atoms with E-state index in [1.54, 1.807) is 16.8 Å². The molecule has 94 valence electrons. The lowest BCUT2D eigenvalue weighted by Crippen LogP contribution is -2.23. The Balaban J connectivity index is 1.98. The molecule has 0 atom stereocenters. The summed E-state index contributed by atoms with van der Waals surface area (Å²) in [6.45, 7) is 2.42. The van der Waals surface area contributed by atoms with Crippen molar-refractivity contribution in [1.29, 1.82) is 0 Å². The van der Waals surface area contributed by atoms with Crippen LogP contribution in [-0.4, -0.2) is 15.7 Å². The van der Waals surface area contributed by atoms with Crippen LogP contribution in [0.4, 0.5) is 0 Å². The molecule has 0 fully saturated rings. The Labute approximate surface area is 114 Å². The Morgan fingerprint density at radius 2 is 2.06 bits per heavy atom. The fourth-order valence-electron chi connectivity index (χ4n) is 1.60. The van der Waals surface area contributed by atoms with Crippen molar-refractivity contribution in [3.63, 3.8) is 0 Å². The second-order valence-corrected chi connectivity index (χ2v) is 5.01. The number of hydrogen-bond acceptors (Lipinski definition) is 2. The SMILES string of the molecule is Cc1cc(CNC(=O)c2ccc(Br)cc2)nn1C. The normalized spacial score (nSPS) is 10.4. The summed E-state index contributed by atoms with van der Waals surface area (Å²) in [5, 5.41) is 7.13. The molecule has 0 unspecified atom stereocenters. The van der Waals surface area contributed by atoms with Crippen LogP contribution in [0.1, 0.15) is 21.7 Å². The zero-order valence-electron chi connectivity index (χ0n) is 10.3. The summed E-state index contributed by atoms with van der Waals surface area (Å²) in [7, 11) is 1.88. The van der Waals surface area contributed by atoms with E-state index in [9.17, 15) is 4.79 Å². The molecule has 1 aromatic heterocycles. The maximum atomic E-state index is 11.9. The Hall–Kier alpha value is -1.62. The van der Waals surface area contributed by atoms with Gasteiger partial charge in [0, 0.05) is 22.8 Å². The van der Waals surface area contributed by atoms with Gasteiger partial charge in [0.25, 0.3) is 5.91 Å². The van der Waals surface area contributed by atoms with E-state index in [1.165, 1.54) is 0 Å². The zero-order valence-corrected chi connectivity index (χ0v) is 11.9. The highest BCUT2D eigenvalue weighted by Gasteiger charge is 2.06. The number of amides is 1. The van der Waals surface area contributed by atoms with E-state index in [0.29, 0.717) is 12.1 Å². The van der Waals surface area contributed by atoms with E-state index in [2.05, 4.69) is 26.3 Å². The van der Waals surface area contributed by atoms with Crippen LogP contribution in [0.25, 0.3) is 0 Å². The lowest BCUT2D eigenvalue weighted by molar-refractivity contribution is 0.0950. The minimum atomic E-state index is -0.0918. The molecular weight excluding hydrogens is 294 g/mol. The number of nitrogens with zero attached hydrogens (tertiary/aromatic N) is 2. The van der Waals surface area contributed by atoms with Gasteiger partial charge in [0.15, 0.2) is 0 Å². The van der Waals surface area contributed by atoms with E-state index in [-0.39, 0.29) is 5.91 Å². The lowest BCUT2D eigenvalue weighted by atomic mass is 10.2. The van der Waals surface area contributed by atoms with Crippen molar-refractivity contribution in [2.75, 3.05) is 0 Å². The van der Waals surface area contributed by atoms with Gasteiger partial charge in [-0.25, -0.2) is 0 Å². The van der Waals surface area contributed by atoms with Gasteiger partial charge in [0.1, 0.15) is 0 Å². The maximum absolute atomic E-state index is 11.9. The molecule has 5 heteroatoms. The summed E-state index contributed by atoms with van der Waals surface area (Å²) in [4.78, 5) is 11.9. The molecule has 1 heterocycles. The van der Waals surface area contributed by atoms with E-state index >= 15 is 0 Å². The molecule has 0 saturated heterocycles. The molecule has 0 saturated carbocycles. The minimum absolute atomic E-state index is 0.0918. The highest BCUT2D eigenvalue weighted by molar-refractivity contribution is 9.10. The third kappa shape index (κ3) is 2.98. The van der Waals surface area contributed by atoms with Crippen LogP contribution in [-0.2, 0) is 13.6 Å². The van der Waals surface area contributed by atoms with Gasteiger partial charge < -0.3 is 5.32 Å². The minimum Gasteiger partial charge on any atom is -0.346 e. The van der Waals surface area contributed by atoms with Crippen LogP contribution in [0.3, 0.4) is 0 Å². The number of rotatable bonds is 3. The summed E-state index contributed by atoms with van der Waals surface area (Å²) in [6.07, 6.45) is 0. The maximum Gasteiger partial charge on any atom is 0.251 e. The Bertz CT molecular complexity index is 541. The predicted octanol–water partition coefficient (Wildman–Crippen LogP) is 2.42. The first-order valence-corrected chi connectivity index (χ1v) is 6.39. The first-order chi connectivity index (χ1) is 8.56. The molecule has 4 nitrogen and oxygen atoms in total. The number of hydrogen-bond donors (Lipinski definition) is 1. The van der Waals surface area contributed by atoms with Gasteiger partial charge in [-0.05, 0) is 37.3 Å². The molecule has 0 aliphatic heterocycles. The summed E-state index contributed by atoms with van der Waals surface area (Å²) < 4.78 is 2.75. The zero-order chi connectivity index (χ0) is 13.1. The van der Waals surface area contributed by atoms with E-state index in [0.717, 1.165) is 15.9 Å². The second kappa shape index (κ2) is 5.35. The molecule has 0 radical (unpaired) electrons. The van der Waals surface area contributed by atoms with E-state index in [1.807, 2.05) is 32.2 Å². The van der Waals surface area contributed by atoms with Crippen molar-refractivity contribution in [1.82, 2.24) is 15.1 Å². The van der Waals surface area contributed by atoms with Gasteiger partial charge >= 0.3 is 0 Å². The van der Waals surface area contributed by atoms with E-state index in [4.69, 9.17) is 0 Å². The monoisotopic (exact) mass is 307 g/mol. The van der Waals surface area contributed by atoms with Gasteiger partial charge in [-0.3, -0.25) is 9.48 Å².